The summed E-state index contributed by atoms with van der Waals surface area (Å²) in [6.07, 6.45) is 0. The van der Waals surface area contributed by atoms with Gasteiger partial charge in [-0.05, 0) is 26.3 Å². The first-order chi connectivity index (χ1) is 5.57. The maximum Gasteiger partial charge on any atom is 0.152 e. The van der Waals surface area contributed by atoms with E-state index in [-0.39, 0.29) is 0 Å². The van der Waals surface area contributed by atoms with Gasteiger partial charge in [0.1, 0.15) is 5.76 Å². The Balaban J connectivity index is 3.29. The summed E-state index contributed by atoms with van der Waals surface area (Å²) in [5.41, 5.74) is 3.17. The van der Waals surface area contributed by atoms with E-state index in [0.717, 1.165) is 28.3 Å². The molecule has 0 bridgehead atoms. The molecule has 0 atom stereocenters. The van der Waals surface area contributed by atoms with Crippen LogP contribution in [-0.2, 0) is 0 Å². The molecule has 0 spiro atoms. The van der Waals surface area contributed by atoms with Crippen molar-refractivity contribution in [2.75, 3.05) is 12.4 Å². The normalized spacial score (nSPS) is 10.0. The SMILES string of the molecule is C=C(C)c1oc(C)c(C)c1NC. The molecule has 0 aromatic carbocycles. The number of nitrogens with one attached hydrogen (secondary N) is 1. The molecule has 1 heterocycles. The summed E-state index contributed by atoms with van der Waals surface area (Å²) in [4.78, 5) is 0. The summed E-state index contributed by atoms with van der Waals surface area (Å²) in [5, 5.41) is 3.11. The minimum atomic E-state index is 0.868. The fraction of sp³-hybridized carbons (Fsp3) is 0.400. The van der Waals surface area contributed by atoms with Crippen LogP contribution in [0.25, 0.3) is 5.57 Å². The van der Waals surface area contributed by atoms with Gasteiger partial charge in [0, 0.05) is 12.6 Å². The molecule has 0 aliphatic heterocycles. The number of allylic oxidation sites excluding steroid dienone is 1. The second-order valence-electron chi connectivity index (χ2n) is 3.02. The third-order valence-electron chi connectivity index (χ3n) is 2.02. The highest BCUT2D eigenvalue weighted by Gasteiger charge is 2.12. The van der Waals surface area contributed by atoms with Crippen molar-refractivity contribution in [2.45, 2.75) is 20.8 Å². The lowest BCUT2D eigenvalue weighted by Crippen LogP contribution is -1.91. The highest BCUT2D eigenvalue weighted by molar-refractivity contribution is 5.72. The fourth-order valence-electron chi connectivity index (χ4n) is 1.23. The number of aryl methyl sites for hydroxylation is 1. The van der Waals surface area contributed by atoms with E-state index in [9.17, 15) is 0 Å². The van der Waals surface area contributed by atoms with Crippen molar-refractivity contribution in [1.29, 1.82) is 0 Å². The molecule has 0 radical (unpaired) electrons. The maximum absolute atomic E-state index is 5.54. The van der Waals surface area contributed by atoms with Crippen LogP contribution < -0.4 is 5.32 Å². The van der Waals surface area contributed by atoms with Crippen LogP contribution in [-0.4, -0.2) is 7.05 Å². The van der Waals surface area contributed by atoms with Gasteiger partial charge in [-0.1, -0.05) is 6.58 Å². The van der Waals surface area contributed by atoms with Gasteiger partial charge in [-0.15, -0.1) is 0 Å². The molecule has 1 aromatic rings. The molecule has 0 aliphatic carbocycles. The lowest BCUT2D eigenvalue weighted by atomic mass is 10.2. The van der Waals surface area contributed by atoms with E-state index in [0.29, 0.717) is 0 Å². The molecular formula is C10H15NO. The van der Waals surface area contributed by atoms with Crippen LogP contribution in [0.5, 0.6) is 0 Å². The van der Waals surface area contributed by atoms with E-state index in [4.69, 9.17) is 4.42 Å². The molecule has 0 aliphatic rings. The van der Waals surface area contributed by atoms with E-state index >= 15 is 0 Å². The molecular weight excluding hydrogens is 150 g/mol. The topological polar surface area (TPSA) is 25.2 Å². The van der Waals surface area contributed by atoms with E-state index in [1.54, 1.807) is 0 Å². The Bertz CT molecular complexity index is 310. The van der Waals surface area contributed by atoms with Crippen LogP contribution in [0.2, 0.25) is 0 Å². The summed E-state index contributed by atoms with van der Waals surface area (Å²) in [6.45, 7) is 9.80. The van der Waals surface area contributed by atoms with Gasteiger partial charge in [0.2, 0.25) is 0 Å². The third kappa shape index (κ3) is 1.24. The van der Waals surface area contributed by atoms with Crippen molar-refractivity contribution < 1.29 is 4.42 Å². The Labute approximate surface area is 73.3 Å². The van der Waals surface area contributed by atoms with Gasteiger partial charge in [0.25, 0.3) is 0 Å². The van der Waals surface area contributed by atoms with Crippen LogP contribution in [0.15, 0.2) is 11.0 Å². The summed E-state index contributed by atoms with van der Waals surface area (Å²) >= 11 is 0. The van der Waals surface area contributed by atoms with Crippen LogP contribution in [0.4, 0.5) is 5.69 Å². The molecule has 0 fully saturated rings. The number of hydrogen-bond donors (Lipinski definition) is 1. The summed E-state index contributed by atoms with van der Waals surface area (Å²) in [5.74, 6) is 1.82. The van der Waals surface area contributed by atoms with Gasteiger partial charge in [0.15, 0.2) is 5.76 Å². The zero-order valence-corrected chi connectivity index (χ0v) is 8.12. The zero-order valence-electron chi connectivity index (χ0n) is 8.12. The highest BCUT2D eigenvalue weighted by atomic mass is 16.3. The Kier molecular flexibility index (Phi) is 2.27. The van der Waals surface area contributed by atoms with Gasteiger partial charge in [0.05, 0.1) is 5.69 Å². The molecule has 2 heteroatoms. The molecule has 0 saturated carbocycles. The largest absolute Gasteiger partial charge is 0.459 e. The predicted molar refractivity (Wildman–Crippen MR) is 52.4 cm³/mol. The average molecular weight is 165 g/mol. The summed E-state index contributed by atoms with van der Waals surface area (Å²) < 4.78 is 5.54. The standard InChI is InChI=1S/C10H15NO/c1-6(2)10-9(11-5)7(3)8(4)12-10/h11H,1H2,2-5H3. The Morgan fingerprint density at radius 1 is 1.42 bits per heavy atom. The lowest BCUT2D eigenvalue weighted by molar-refractivity contribution is 0.520. The van der Waals surface area contributed by atoms with Crippen LogP contribution in [0.1, 0.15) is 24.0 Å². The van der Waals surface area contributed by atoms with Crippen molar-refractivity contribution in [1.82, 2.24) is 0 Å². The number of furan rings is 1. The molecule has 0 unspecified atom stereocenters. The predicted octanol–water partition coefficient (Wildman–Crippen LogP) is 2.97. The summed E-state index contributed by atoms with van der Waals surface area (Å²) in [6, 6.07) is 0. The smallest absolute Gasteiger partial charge is 0.152 e. The van der Waals surface area contributed by atoms with Gasteiger partial charge in [-0.3, -0.25) is 0 Å². The van der Waals surface area contributed by atoms with Gasteiger partial charge >= 0.3 is 0 Å². The molecule has 12 heavy (non-hydrogen) atoms. The highest BCUT2D eigenvalue weighted by Crippen LogP contribution is 2.30. The van der Waals surface area contributed by atoms with E-state index < -0.39 is 0 Å². The first-order valence-electron chi connectivity index (χ1n) is 4.01. The number of anilines is 1. The van der Waals surface area contributed by atoms with Crippen LogP contribution in [0.3, 0.4) is 0 Å². The molecule has 1 aromatic heterocycles. The molecule has 1 rings (SSSR count). The van der Waals surface area contributed by atoms with Crippen molar-refractivity contribution in [3.63, 3.8) is 0 Å². The minimum Gasteiger partial charge on any atom is -0.459 e. The van der Waals surface area contributed by atoms with Gasteiger partial charge in [-0.2, -0.15) is 0 Å². The monoisotopic (exact) mass is 165 g/mol. The van der Waals surface area contributed by atoms with Gasteiger partial charge < -0.3 is 9.73 Å². The zero-order chi connectivity index (χ0) is 9.30. The van der Waals surface area contributed by atoms with Crippen molar-refractivity contribution >= 4 is 11.3 Å². The Morgan fingerprint density at radius 2 is 2.00 bits per heavy atom. The molecule has 2 nitrogen and oxygen atoms in total. The minimum absolute atomic E-state index is 0.868. The van der Waals surface area contributed by atoms with Crippen molar-refractivity contribution in [3.8, 4) is 0 Å². The fourth-order valence-corrected chi connectivity index (χ4v) is 1.23. The second kappa shape index (κ2) is 3.05. The lowest BCUT2D eigenvalue weighted by Gasteiger charge is -2.00. The first kappa shape index (κ1) is 8.91. The molecule has 66 valence electrons. The first-order valence-corrected chi connectivity index (χ1v) is 4.01. The Hall–Kier alpha value is -1.18. The number of rotatable bonds is 2. The summed E-state index contributed by atoms with van der Waals surface area (Å²) in [7, 11) is 1.89. The van der Waals surface area contributed by atoms with Crippen molar-refractivity contribution in [3.05, 3.63) is 23.7 Å². The van der Waals surface area contributed by atoms with E-state index in [1.165, 1.54) is 0 Å². The van der Waals surface area contributed by atoms with Crippen molar-refractivity contribution in [2.24, 2.45) is 0 Å². The van der Waals surface area contributed by atoms with Crippen LogP contribution in [0, 0.1) is 13.8 Å². The maximum atomic E-state index is 5.54. The molecule has 0 saturated heterocycles. The van der Waals surface area contributed by atoms with E-state index in [2.05, 4.69) is 11.9 Å². The quantitative estimate of drug-likeness (QED) is 0.728. The molecule has 0 amide bonds. The van der Waals surface area contributed by atoms with E-state index in [1.807, 2.05) is 27.8 Å². The number of hydrogen-bond acceptors (Lipinski definition) is 2. The van der Waals surface area contributed by atoms with Crippen LogP contribution >= 0.6 is 0 Å². The average Bonchev–Trinajstić information content (AvgIpc) is 2.29. The third-order valence-corrected chi connectivity index (χ3v) is 2.02. The Morgan fingerprint density at radius 3 is 2.33 bits per heavy atom. The second-order valence-corrected chi connectivity index (χ2v) is 3.02. The molecule has 1 N–H and O–H groups in total. The van der Waals surface area contributed by atoms with Gasteiger partial charge in [-0.25, -0.2) is 0 Å².